The second kappa shape index (κ2) is 11.6. The lowest BCUT2D eigenvalue weighted by Crippen LogP contribution is -2.51. The summed E-state index contributed by atoms with van der Waals surface area (Å²) in [6.07, 6.45) is -4.17. The van der Waals surface area contributed by atoms with Crippen LogP contribution in [0.1, 0.15) is 18.9 Å². The summed E-state index contributed by atoms with van der Waals surface area (Å²) in [5, 5.41) is 29.9. The van der Waals surface area contributed by atoms with E-state index in [1.165, 1.54) is 13.0 Å². The van der Waals surface area contributed by atoms with Gasteiger partial charge in [0.2, 0.25) is 12.2 Å². The van der Waals surface area contributed by atoms with Gasteiger partial charge in [0, 0.05) is 30.9 Å². The van der Waals surface area contributed by atoms with Crippen molar-refractivity contribution in [1.29, 1.82) is 0 Å². The Morgan fingerprint density at radius 1 is 1.12 bits per heavy atom. The molecule has 182 valence electrons. The number of amides is 1. The van der Waals surface area contributed by atoms with Gasteiger partial charge >= 0.3 is 5.63 Å². The zero-order valence-corrected chi connectivity index (χ0v) is 18.5. The van der Waals surface area contributed by atoms with Crippen LogP contribution in [0.5, 0.6) is 11.5 Å². The highest BCUT2D eigenvalue weighted by Crippen LogP contribution is 2.35. The van der Waals surface area contributed by atoms with Gasteiger partial charge in [-0.25, -0.2) is 4.79 Å². The van der Waals surface area contributed by atoms with Crippen molar-refractivity contribution in [3.8, 4) is 11.5 Å². The Morgan fingerprint density at radius 2 is 1.82 bits per heavy atom. The molecule has 1 fully saturated rings. The molecule has 4 rings (SSSR count). The second-order valence-corrected chi connectivity index (χ2v) is 7.67. The SMILES string of the molecule is CC(N)=O.O=c1ccc2cc(O[C@H]3C[C@@H](O)[C@H](O)[C@@H](CO)O3)c(OCc3ccccc3)cc2o1. The number of aliphatic hydroxyl groups excluding tert-OH is 3. The number of carbonyl (C=O) groups excluding carboxylic acids is 1. The maximum atomic E-state index is 11.6. The number of hydrogen-bond acceptors (Lipinski definition) is 9. The third-order valence-electron chi connectivity index (χ3n) is 4.90. The van der Waals surface area contributed by atoms with Crippen LogP contribution in [0.3, 0.4) is 0 Å². The average molecular weight is 473 g/mol. The van der Waals surface area contributed by atoms with E-state index in [1.807, 2.05) is 30.3 Å². The molecule has 1 aromatic heterocycles. The highest BCUT2D eigenvalue weighted by Gasteiger charge is 2.37. The number of aliphatic hydroxyl groups is 3. The normalized spacial score (nSPS) is 21.9. The number of hydrogen-bond donors (Lipinski definition) is 4. The fraction of sp³-hybridized carbons (Fsp3) is 0.333. The predicted octanol–water partition coefficient (Wildman–Crippen LogP) is 1.07. The average Bonchev–Trinajstić information content (AvgIpc) is 2.80. The minimum atomic E-state index is -1.20. The summed E-state index contributed by atoms with van der Waals surface area (Å²) >= 11 is 0. The minimum Gasteiger partial charge on any atom is -0.485 e. The molecule has 3 aromatic rings. The zero-order valence-electron chi connectivity index (χ0n) is 18.5. The molecule has 5 N–H and O–H groups in total. The van der Waals surface area contributed by atoms with Crippen LogP contribution in [0.15, 0.2) is 63.8 Å². The summed E-state index contributed by atoms with van der Waals surface area (Å²) in [6, 6.07) is 15.6. The van der Waals surface area contributed by atoms with E-state index in [1.54, 1.807) is 18.2 Å². The molecule has 0 unspecified atom stereocenters. The summed E-state index contributed by atoms with van der Waals surface area (Å²) in [5.41, 5.74) is 5.26. The van der Waals surface area contributed by atoms with Gasteiger partial charge in [-0.1, -0.05) is 30.3 Å². The quantitative estimate of drug-likeness (QED) is 0.384. The lowest BCUT2D eigenvalue weighted by atomic mass is 10.0. The molecule has 2 heterocycles. The molecule has 10 heteroatoms. The molecule has 0 saturated carbocycles. The number of carbonyl (C=O) groups is 1. The molecule has 1 aliphatic rings. The third-order valence-corrected chi connectivity index (χ3v) is 4.90. The van der Waals surface area contributed by atoms with Gasteiger partial charge in [-0.15, -0.1) is 0 Å². The molecule has 34 heavy (non-hydrogen) atoms. The monoisotopic (exact) mass is 473 g/mol. The van der Waals surface area contributed by atoms with Gasteiger partial charge in [0.1, 0.15) is 24.4 Å². The Morgan fingerprint density at radius 3 is 2.50 bits per heavy atom. The number of nitrogens with two attached hydrogens (primary N) is 1. The Hall–Kier alpha value is -3.44. The first-order valence-electron chi connectivity index (χ1n) is 10.6. The number of ether oxygens (including phenoxy) is 3. The summed E-state index contributed by atoms with van der Waals surface area (Å²) in [4.78, 5) is 20.8. The Bertz CT molecular complexity index is 1140. The highest BCUT2D eigenvalue weighted by molar-refractivity contribution is 5.80. The van der Waals surface area contributed by atoms with Gasteiger partial charge < -0.3 is 39.7 Å². The van der Waals surface area contributed by atoms with Crippen molar-refractivity contribution >= 4 is 16.9 Å². The summed E-state index contributed by atoms with van der Waals surface area (Å²) in [7, 11) is 0. The standard InChI is InChI=1S/C22H22O8.C2H5NO/c23-11-19-22(26)15(24)9-21(30-19)29-18-8-14-6-7-20(25)28-16(14)10-17(18)27-12-13-4-2-1-3-5-13;1-2(3)4/h1-8,10,15,19,21-24,26H,9,11-12H2;1H3,(H2,3,4)/t15-,19-,21-,22+;/m1./s1. The van der Waals surface area contributed by atoms with Gasteiger partial charge in [-0.05, 0) is 17.7 Å². The van der Waals surface area contributed by atoms with E-state index in [2.05, 4.69) is 5.73 Å². The van der Waals surface area contributed by atoms with E-state index in [4.69, 9.17) is 18.6 Å². The minimum absolute atomic E-state index is 0.0116. The van der Waals surface area contributed by atoms with Crippen molar-refractivity contribution in [2.75, 3.05) is 6.61 Å². The van der Waals surface area contributed by atoms with Crippen LogP contribution in [0.25, 0.3) is 11.0 Å². The van der Waals surface area contributed by atoms with Gasteiger partial charge in [-0.3, -0.25) is 4.79 Å². The third kappa shape index (κ3) is 6.78. The molecule has 0 radical (unpaired) electrons. The molecular formula is C24H27NO9. The van der Waals surface area contributed by atoms with E-state index in [-0.39, 0.29) is 18.9 Å². The van der Waals surface area contributed by atoms with Crippen LogP contribution in [0.2, 0.25) is 0 Å². The number of primary amides is 1. The van der Waals surface area contributed by atoms with E-state index in [9.17, 15) is 24.9 Å². The maximum absolute atomic E-state index is 11.6. The van der Waals surface area contributed by atoms with Crippen molar-refractivity contribution in [1.82, 2.24) is 0 Å². The topological polar surface area (TPSA) is 162 Å². The molecule has 0 spiro atoms. The summed E-state index contributed by atoms with van der Waals surface area (Å²) < 4.78 is 22.6. The van der Waals surface area contributed by atoms with Gasteiger partial charge in [0.15, 0.2) is 11.5 Å². The fourth-order valence-electron chi connectivity index (χ4n) is 3.30. The lowest BCUT2D eigenvalue weighted by Gasteiger charge is -2.36. The van der Waals surface area contributed by atoms with Crippen LogP contribution < -0.4 is 20.8 Å². The highest BCUT2D eigenvalue weighted by atomic mass is 16.7. The molecular weight excluding hydrogens is 446 g/mol. The molecule has 4 atom stereocenters. The largest absolute Gasteiger partial charge is 0.485 e. The number of rotatable bonds is 6. The van der Waals surface area contributed by atoms with Crippen molar-refractivity contribution in [2.45, 2.75) is 44.6 Å². The van der Waals surface area contributed by atoms with Crippen molar-refractivity contribution in [3.05, 3.63) is 70.6 Å². The maximum Gasteiger partial charge on any atom is 0.336 e. The van der Waals surface area contributed by atoms with Crippen molar-refractivity contribution < 1.29 is 38.7 Å². The molecule has 2 aromatic carbocycles. The molecule has 1 aliphatic heterocycles. The first-order valence-corrected chi connectivity index (χ1v) is 10.6. The predicted molar refractivity (Wildman–Crippen MR) is 121 cm³/mol. The van der Waals surface area contributed by atoms with Crippen LogP contribution in [-0.4, -0.2) is 52.4 Å². The lowest BCUT2D eigenvalue weighted by molar-refractivity contribution is -0.230. The Kier molecular flexibility index (Phi) is 8.61. The molecule has 1 amide bonds. The van der Waals surface area contributed by atoms with Crippen LogP contribution in [0, 0.1) is 0 Å². The Balaban J connectivity index is 0.000000751. The summed E-state index contributed by atoms with van der Waals surface area (Å²) in [5.74, 6) is 0.308. The molecule has 0 aliphatic carbocycles. The van der Waals surface area contributed by atoms with E-state index >= 15 is 0 Å². The van der Waals surface area contributed by atoms with Crippen LogP contribution >= 0.6 is 0 Å². The van der Waals surface area contributed by atoms with Gasteiger partial charge in [-0.2, -0.15) is 0 Å². The van der Waals surface area contributed by atoms with Crippen molar-refractivity contribution in [3.63, 3.8) is 0 Å². The zero-order chi connectivity index (χ0) is 24.7. The summed E-state index contributed by atoms with van der Waals surface area (Å²) in [6.45, 7) is 1.10. The number of benzene rings is 2. The van der Waals surface area contributed by atoms with Gasteiger partial charge in [0.05, 0.1) is 12.7 Å². The van der Waals surface area contributed by atoms with Crippen LogP contribution in [0.4, 0.5) is 0 Å². The smallest absolute Gasteiger partial charge is 0.336 e. The van der Waals surface area contributed by atoms with Crippen molar-refractivity contribution in [2.24, 2.45) is 5.73 Å². The first kappa shape index (κ1) is 25.2. The van der Waals surface area contributed by atoms with Gasteiger partial charge in [0.25, 0.3) is 0 Å². The van der Waals surface area contributed by atoms with E-state index in [0.29, 0.717) is 22.5 Å². The first-order chi connectivity index (χ1) is 16.3. The second-order valence-electron chi connectivity index (χ2n) is 7.67. The number of fused-ring (bicyclic) bond motifs is 1. The molecule has 0 bridgehead atoms. The molecule has 1 saturated heterocycles. The molecule has 10 nitrogen and oxygen atoms in total. The Labute approximate surface area is 195 Å². The van der Waals surface area contributed by atoms with E-state index < -0.39 is 36.8 Å². The fourth-order valence-corrected chi connectivity index (χ4v) is 3.30. The van der Waals surface area contributed by atoms with Crippen LogP contribution in [-0.2, 0) is 16.1 Å². The van der Waals surface area contributed by atoms with E-state index in [0.717, 1.165) is 5.56 Å².